The van der Waals surface area contributed by atoms with Crippen LogP contribution in [-0.2, 0) is 4.74 Å². The van der Waals surface area contributed by atoms with Crippen LogP contribution in [0.25, 0.3) is 0 Å². The molecule has 2 atom stereocenters. The molecule has 0 aliphatic carbocycles. The molecule has 1 aliphatic heterocycles. The Kier molecular flexibility index (Phi) is 4.26. The first-order valence-corrected chi connectivity index (χ1v) is 7.08. The highest BCUT2D eigenvalue weighted by molar-refractivity contribution is 9.13. The number of benzene rings is 1. The number of aliphatic hydroxyl groups is 1. The van der Waals surface area contributed by atoms with Crippen molar-refractivity contribution in [1.29, 1.82) is 0 Å². The fraction of sp³-hybridized carbons (Fsp3) is 0.500. The lowest BCUT2D eigenvalue weighted by Crippen LogP contribution is -2.37. The van der Waals surface area contributed by atoms with E-state index in [1.807, 2.05) is 18.2 Å². The molecule has 1 saturated heterocycles. The van der Waals surface area contributed by atoms with Crippen LogP contribution in [0.4, 0.5) is 0 Å². The van der Waals surface area contributed by atoms with Crippen molar-refractivity contribution >= 4 is 31.9 Å². The van der Waals surface area contributed by atoms with Gasteiger partial charge >= 0.3 is 0 Å². The molecule has 2 rings (SSSR count). The quantitative estimate of drug-likeness (QED) is 0.866. The molecule has 2 unspecified atom stereocenters. The van der Waals surface area contributed by atoms with Crippen LogP contribution in [0, 0.1) is 5.41 Å². The molecular formula is C12H15Br2NO2. The zero-order valence-electron chi connectivity index (χ0n) is 9.33. The van der Waals surface area contributed by atoms with Crippen molar-refractivity contribution in [3.8, 4) is 0 Å². The minimum atomic E-state index is -0.584. The fourth-order valence-electron chi connectivity index (χ4n) is 2.15. The summed E-state index contributed by atoms with van der Waals surface area (Å²) in [6.07, 6.45) is 0.220. The van der Waals surface area contributed by atoms with E-state index >= 15 is 0 Å². The van der Waals surface area contributed by atoms with Crippen LogP contribution in [-0.4, -0.2) is 24.9 Å². The normalized spacial score (nSPS) is 26.1. The van der Waals surface area contributed by atoms with Crippen LogP contribution in [0.2, 0.25) is 0 Å². The molecular weight excluding hydrogens is 350 g/mol. The van der Waals surface area contributed by atoms with E-state index in [-0.39, 0.29) is 5.41 Å². The summed E-state index contributed by atoms with van der Waals surface area (Å²) in [6.45, 7) is 1.63. The van der Waals surface area contributed by atoms with E-state index in [0.717, 1.165) is 20.9 Å². The number of halogens is 2. The third-order valence-corrected chi connectivity index (χ3v) is 5.26. The van der Waals surface area contributed by atoms with E-state index in [0.29, 0.717) is 19.8 Å². The van der Waals surface area contributed by atoms with Gasteiger partial charge in [-0.25, -0.2) is 0 Å². The zero-order valence-corrected chi connectivity index (χ0v) is 12.5. The minimum Gasteiger partial charge on any atom is -0.388 e. The van der Waals surface area contributed by atoms with Crippen molar-refractivity contribution in [3.63, 3.8) is 0 Å². The van der Waals surface area contributed by atoms with Gasteiger partial charge in [-0.15, -0.1) is 0 Å². The average molecular weight is 365 g/mol. The molecule has 5 heteroatoms. The third-order valence-electron chi connectivity index (χ3n) is 3.38. The van der Waals surface area contributed by atoms with E-state index in [9.17, 15) is 5.11 Å². The number of aliphatic hydroxyl groups excluding tert-OH is 1. The summed E-state index contributed by atoms with van der Waals surface area (Å²) >= 11 is 6.86. The molecule has 1 aromatic rings. The Morgan fingerprint density at radius 3 is 2.71 bits per heavy atom. The first kappa shape index (κ1) is 13.5. The van der Waals surface area contributed by atoms with E-state index in [1.165, 1.54) is 0 Å². The molecule has 0 saturated carbocycles. The van der Waals surface area contributed by atoms with Crippen LogP contribution in [0.15, 0.2) is 27.1 Å². The number of nitrogens with two attached hydrogens (primary N) is 1. The highest BCUT2D eigenvalue weighted by atomic mass is 79.9. The fourth-order valence-corrected chi connectivity index (χ4v) is 2.79. The number of ether oxygens (including phenoxy) is 1. The number of rotatable bonds is 3. The maximum atomic E-state index is 10.5. The number of hydrogen-bond donors (Lipinski definition) is 2. The Morgan fingerprint density at radius 1 is 1.41 bits per heavy atom. The van der Waals surface area contributed by atoms with Crippen LogP contribution in [0.3, 0.4) is 0 Å². The van der Waals surface area contributed by atoms with E-state index < -0.39 is 6.10 Å². The predicted octanol–water partition coefficient (Wildman–Crippen LogP) is 2.61. The van der Waals surface area contributed by atoms with Crippen LogP contribution in [0.1, 0.15) is 18.1 Å². The largest absolute Gasteiger partial charge is 0.388 e. The third kappa shape index (κ3) is 2.58. The molecule has 0 radical (unpaired) electrons. The van der Waals surface area contributed by atoms with Crippen molar-refractivity contribution in [2.75, 3.05) is 19.8 Å². The van der Waals surface area contributed by atoms with Gasteiger partial charge in [0.2, 0.25) is 0 Å². The van der Waals surface area contributed by atoms with Gasteiger partial charge in [-0.05, 0) is 56.0 Å². The van der Waals surface area contributed by atoms with Crippen molar-refractivity contribution in [2.24, 2.45) is 11.1 Å². The lowest BCUT2D eigenvalue weighted by molar-refractivity contribution is 0.0190. The van der Waals surface area contributed by atoms with Crippen molar-refractivity contribution in [2.45, 2.75) is 12.5 Å². The summed E-state index contributed by atoms with van der Waals surface area (Å²) in [7, 11) is 0. The molecule has 1 aromatic carbocycles. The summed E-state index contributed by atoms with van der Waals surface area (Å²) in [5, 5.41) is 10.5. The minimum absolute atomic E-state index is 0.340. The van der Waals surface area contributed by atoms with E-state index in [2.05, 4.69) is 31.9 Å². The van der Waals surface area contributed by atoms with Crippen molar-refractivity contribution in [3.05, 3.63) is 32.7 Å². The van der Waals surface area contributed by atoms with Gasteiger partial charge in [-0.3, -0.25) is 0 Å². The molecule has 94 valence electrons. The molecule has 1 aliphatic rings. The van der Waals surface area contributed by atoms with E-state index in [1.54, 1.807) is 0 Å². The van der Waals surface area contributed by atoms with Gasteiger partial charge in [0.1, 0.15) is 0 Å². The van der Waals surface area contributed by atoms with E-state index in [4.69, 9.17) is 10.5 Å². The second-order valence-electron chi connectivity index (χ2n) is 4.45. The lowest BCUT2D eigenvalue weighted by atomic mass is 9.78. The van der Waals surface area contributed by atoms with Gasteiger partial charge in [0.15, 0.2) is 0 Å². The average Bonchev–Trinajstić information content (AvgIpc) is 2.81. The molecule has 0 aromatic heterocycles. The van der Waals surface area contributed by atoms with Crippen LogP contribution < -0.4 is 5.73 Å². The number of hydrogen-bond acceptors (Lipinski definition) is 3. The molecule has 1 fully saturated rings. The monoisotopic (exact) mass is 363 g/mol. The molecule has 0 bridgehead atoms. The summed E-state index contributed by atoms with van der Waals surface area (Å²) in [4.78, 5) is 0. The van der Waals surface area contributed by atoms with Crippen LogP contribution in [0.5, 0.6) is 0 Å². The maximum absolute atomic E-state index is 10.5. The van der Waals surface area contributed by atoms with Crippen molar-refractivity contribution in [1.82, 2.24) is 0 Å². The predicted molar refractivity (Wildman–Crippen MR) is 73.7 cm³/mol. The second kappa shape index (κ2) is 5.36. The Bertz CT molecular complexity index is 405. The maximum Gasteiger partial charge on any atom is 0.0881 e. The molecule has 17 heavy (non-hydrogen) atoms. The first-order valence-electron chi connectivity index (χ1n) is 5.50. The molecule has 3 N–H and O–H groups in total. The second-order valence-corrected chi connectivity index (χ2v) is 6.15. The van der Waals surface area contributed by atoms with Gasteiger partial charge in [-0.1, -0.05) is 6.07 Å². The Morgan fingerprint density at radius 2 is 2.18 bits per heavy atom. The summed E-state index contributed by atoms with van der Waals surface area (Å²) < 4.78 is 7.29. The van der Waals surface area contributed by atoms with Crippen molar-refractivity contribution < 1.29 is 9.84 Å². The molecule has 3 nitrogen and oxygen atoms in total. The first-order chi connectivity index (χ1) is 8.09. The topological polar surface area (TPSA) is 55.5 Å². The summed E-state index contributed by atoms with van der Waals surface area (Å²) in [5.74, 6) is 0. The Balaban J connectivity index is 2.29. The van der Waals surface area contributed by atoms with Gasteiger partial charge < -0.3 is 15.6 Å². The Hall–Kier alpha value is 0.0600. The van der Waals surface area contributed by atoms with Crippen LogP contribution >= 0.6 is 31.9 Å². The molecule has 0 amide bonds. The Labute approximate surface area is 118 Å². The molecule has 1 heterocycles. The zero-order chi connectivity index (χ0) is 12.5. The standard InChI is InChI=1S/C12H15Br2NO2/c13-9-2-1-8(5-10(9)14)11(16)12(6-15)3-4-17-7-12/h1-2,5,11,16H,3-4,6-7,15H2. The summed E-state index contributed by atoms with van der Waals surface area (Å²) in [5.41, 5.74) is 6.35. The molecule has 0 spiro atoms. The highest BCUT2D eigenvalue weighted by Crippen LogP contribution is 2.41. The summed E-state index contributed by atoms with van der Waals surface area (Å²) in [6, 6.07) is 5.75. The van der Waals surface area contributed by atoms with Gasteiger partial charge in [0.05, 0.1) is 12.7 Å². The highest BCUT2D eigenvalue weighted by Gasteiger charge is 2.41. The lowest BCUT2D eigenvalue weighted by Gasteiger charge is -2.31. The van der Waals surface area contributed by atoms with Gasteiger partial charge in [0.25, 0.3) is 0 Å². The van der Waals surface area contributed by atoms with Gasteiger partial charge in [0, 0.05) is 27.5 Å². The smallest absolute Gasteiger partial charge is 0.0881 e. The van der Waals surface area contributed by atoms with Gasteiger partial charge in [-0.2, -0.15) is 0 Å². The SMILES string of the molecule is NCC1(C(O)c2ccc(Br)c(Br)c2)CCOC1.